The monoisotopic (exact) mass is 247 g/mol. The second kappa shape index (κ2) is 4.97. The van der Waals surface area contributed by atoms with Gasteiger partial charge in [-0.3, -0.25) is 9.78 Å². The average Bonchev–Trinajstić information content (AvgIpc) is 2.82. The highest BCUT2D eigenvalue weighted by atomic mass is 32.1. The van der Waals surface area contributed by atoms with Gasteiger partial charge in [0.2, 0.25) is 0 Å². The first-order valence-corrected chi connectivity index (χ1v) is 6.09. The lowest BCUT2D eigenvalue weighted by atomic mass is 10.1. The Labute approximate surface area is 103 Å². The molecule has 0 spiro atoms. The van der Waals surface area contributed by atoms with E-state index in [9.17, 15) is 4.79 Å². The molecule has 1 aromatic carbocycles. The van der Waals surface area contributed by atoms with Crippen LogP contribution in [-0.2, 0) is 0 Å². The van der Waals surface area contributed by atoms with E-state index in [0.29, 0.717) is 10.6 Å². The van der Waals surface area contributed by atoms with Crippen LogP contribution in [0.3, 0.4) is 0 Å². The van der Waals surface area contributed by atoms with Crippen LogP contribution in [0.25, 0.3) is 0 Å². The maximum atomic E-state index is 11.8. The van der Waals surface area contributed by atoms with E-state index < -0.39 is 0 Å². The molecule has 3 N–H and O–H groups in total. The Kier molecular flexibility index (Phi) is 3.39. The van der Waals surface area contributed by atoms with Gasteiger partial charge in [-0.15, -0.1) is 11.3 Å². The van der Waals surface area contributed by atoms with Crippen LogP contribution in [0.1, 0.15) is 28.2 Å². The van der Waals surface area contributed by atoms with Gasteiger partial charge in [0.25, 0.3) is 5.91 Å². The van der Waals surface area contributed by atoms with Gasteiger partial charge in [0.05, 0.1) is 17.7 Å². The van der Waals surface area contributed by atoms with E-state index in [1.165, 1.54) is 11.3 Å². The molecule has 2 aromatic rings. The summed E-state index contributed by atoms with van der Waals surface area (Å²) < 4.78 is 0. The fraction of sp³-hybridized carbons (Fsp3) is 0.167. The number of nitrogens with two attached hydrogens (primary N) is 1. The molecule has 4 nitrogen and oxygen atoms in total. The van der Waals surface area contributed by atoms with Crippen LogP contribution >= 0.6 is 11.3 Å². The Morgan fingerprint density at radius 1 is 1.53 bits per heavy atom. The molecule has 1 amide bonds. The highest BCUT2D eigenvalue weighted by molar-refractivity contribution is 7.11. The molecule has 0 radical (unpaired) electrons. The third kappa shape index (κ3) is 2.82. The Hall–Kier alpha value is -1.88. The molecule has 0 saturated carbocycles. The van der Waals surface area contributed by atoms with Crippen molar-refractivity contribution in [1.29, 1.82) is 0 Å². The maximum Gasteiger partial charge on any atom is 0.263 e. The summed E-state index contributed by atoms with van der Waals surface area (Å²) >= 11 is 1.32. The predicted molar refractivity (Wildman–Crippen MR) is 68.8 cm³/mol. The summed E-state index contributed by atoms with van der Waals surface area (Å²) in [6.07, 6.45) is 1.56. The fourth-order valence-corrected chi connectivity index (χ4v) is 2.03. The van der Waals surface area contributed by atoms with E-state index in [4.69, 9.17) is 5.73 Å². The highest BCUT2D eigenvalue weighted by Gasteiger charge is 2.12. The van der Waals surface area contributed by atoms with Crippen LogP contribution in [0.5, 0.6) is 0 Å². The van der Waals surface area contributed by atoms with Crippen LogP contribution in [0.15, 0.2) is 36.0 Å². The van der Waals surface area contributed by atoms with Gasteiger partial charge >= 0.3 is 0 Å². The van der Waals surface area contributed by atoms with Gasteiger partial charge in [-0.2, -0.15) is 0 Å². The van der Waals surface area contributed by atoms with Crippen LogP contribution in [0.2, 0.25) is 0 Å². The largest absolute Gasteiger partial charge is 0.399 e. The van der Waals surface area contributed by atoms with Crippen molar-refractivity contribution in [3.63, 3.8) is 0 Å². The Balaban J connectivity index is 2.07. The van der Waals surface area contributed by atoms with Crippen molar-refractivity contribution >= 4 is 22.9 Å². The summed E-state index contributed by atoms with van der Waals surface area (Å²) in [6.45, 7) is 1.92. The van der Waals surface area contributed by atoms with Crippen molar-refractivity contribution in [2.75, 3.05) is 5.73 Å². The van der Waals surface area contributed by atoms with Crippen molar-refractivity contribution in [1.82, 2.24) is 10.3 Å². The highest BCUT2D eigenvalue weighted by Crippen LogP contribution is 2.16. The van der Waals surface area contributed by atoms with Crippen LogP contribution in [0, 0.1) is 0 Å². The van der Waals surface area contributed by atoms with Crippen molar-refractivity contribution in [3.05, 3.63) is 46.4 Å². The molecule has 0 bridgehead atoms. The Morgan fingerprint density at radius 2 is 2.35 bits per heavy atom. The van der Waals surface area contributed by atoms with Crippen LogP contribution < -0.4 is 11.1 Å². The van der Waals surface area contributed by atoms with Gasteiger partial charge in [0, 0.05) is 5.69 Å². The van der Waals surface area contributed by atoms with Crippen molar-refractivity contribution < 1.29 is 4.79 Å². The number of aromatic nitrogens is 1. The molecule has 2 rings (SSSR count). The first-order chi connectivity index (χ1) is 8.16. The number of nitrogen functional groups attached to an aromatic ring is 1. The topological polar surface area (TPSA) is 68.0 Å². The molecule has 1 heterocycles. The second-order valence-electron chi connectivity index (χ2n) is 3.73. The van der Waals surface area contributed by atoms with Crippen molar-refractivity contribution in [3.8, 4) is 0 Å². The number of hydrogen-bond donors (Lipinski definition) is 2. The first kappa shape index (κ1) is 11.6. The Bertz CT molecular complexity index is 510. The summed E-state index contributed by atoms with van der Waals surface area (Å²) in [5.74, 6) is -0.109. The number of thiazole rings is 1. The number of carbonyl (C=O) groups excluding carboxylic acids is 1. The van der Waals surface area contributed by atoms with Gasteiger partial charge in [0.15, 0.2) is 0 Å². The number of hydrogen-bond acceptors (Lipinski definition) is 4. The first-order valence-electron chi connectivity index (χ1n) is 5.21. The summed E-state index contributed by atoms with van der Waals surface area (Å²) in [4.78, 5) is 16.3. The molecule has 1 aromatic heterocycles. The summed E-state index contributed by atoms with van der Waals surface area (Å²) in [6, 6.07) is 7.42. The molecule has 0 aliphatic heterocycles. The number of nitrogens with zero attached hydrogens (tertiary/aromatic N) is 1. The van der Waals surface area contributed by atoms with Crippen LogP contribution in [0.4, 0.5) is 5.69 Å². The third-order valence-corrected chi connectivity index (χ3v) is 3.19. The summed E-state index contributed by atoms with van der Waals surface area (Å²) in [5, 5.41) is 2.90. The lowest BCUT2D eigenvalue weighted by molar-refractivity contribution is 0.0944. The number of benzene rings is 1. The molecule has 0 aliphatic rings. The van der Waals surface area contributed by atoms with E-state index in [0.717, 1.165) is 5.56 Å². The molecular weight excluding hydrogens is 234 g/mol. The zero-order chi connectivity index (χ0) is 12.3. The van der Waals surface area contributed by atoms with Crippen LogP contribution in [-0.4, -0.2) is 10.9 Å². The number of rotatable bonds is 3. The van der Waals surface area contributed by atoms with E-state index >= 15 is 0 Å². The van der Waals surface area contributed by atoms with Crippen molar-refractivity contribution in [2.24, 2.45) is 0 Å². The lowest BCUT2D eigenvalue weighted by Crippen LogP contribution is -2.25. The predicted octanol–water partition coefficient (Wildman–Crippen LogP) is 2.22. The SMILES string of the molecule is CC(NC(=O)c1cncs1)c1cccc(N)c1. The van der Waals surface area contributed by atoms with E-state index in [1.807, 2.05) is 31.2 Å². The third-order valence-electron chi connectivity index (χ3n) is 2.41. The van der Waals surface area contributed by atoms with E-state index in [-0.39, 0.29) is 11.9 Å². The van der Waals surface area contributed by atoms with Gasteiger partial charge in [-0.25, -0.2) is 0 Å². The van der Waals surface area contributed by atoms with E-state index in [1.54, 1.807) is 11.7 Å². The number of nitrogens with one attached hydrogen (secondary N) is 1. The number of anilines is 1. The molecule has 17 heavy (non-hydrogen) atoms. The molecule has 0 aliphatic carbocycles. The zero-order valence-corrected chi connectivity index (χ0v) is 10.2. The quantitative estimate of drug-likeness (QED) is 0.817. The number of carbonyl (C=O) groups is 1. The Morgan fingerprint density at radius 3 is 3.00 bits per heavy atom. The molecule has 0 saturated heterocycles. The smallest absolute Gasteiger partial charge is 0.263 e. The lowest BCUT2D eigenvalue weighted by Gasteiger charge is -2.13. The number of amides is 1. The molecular formula is C12H13N3OS. The van der Waals surface area contributed by atoms with Gasteiger partial charge < -0.3 is 11.1 Å². The molecule has 1 unspecified atom stereocenters. The normalized spacial score (nSPS) is 12.1. The molecule has 88 valence electrons. The minimum atomic E-state index is -0.109. The second-order valence-corrected chi connectivity index (χ2v) is 4.62. The average molecular weight is 247 g/mol. The van der Waals surface area contributed by atoms with Gasteiger partial charge in [-0.05, 0) is 24.6 Å². The molecule has 5 heteroatoms. The van der Waals surface area contributed by atoms with Gasteiger partial charge in [0.1, 0.15) is 4.88 Å². The standard InChI is InChI=1S/C12H13N3OS/c1-8(9-3-2-4-10(13)5-9)15-12(16)11-6-14-7-17-11/h2-8H,13H2,1H3,(H,15,16). The van der Waals surface area contributed by atoms with Gasteiger partial charge in [-0.1, -0.05) is 12.1 Å². The fourth-order valence-electron chi connectivity index (χ4n) is 1.51. The minimum Gasteiger partial charge on any atom is -0.399 e. The molecule has 1 atom stereocenters. The van der Waals surface area contributed by atoms with Crippen molar-refractivity contribution in [2.45, 2.75) is 13.0 Å². The zero-order valence-electron chi connectivity index (χ0n) is 9.38. The van der Waals surface area contributed by atoms with E-state index in [2.05, 4.69) is 10.3 Å². The summed E-state index contributed by atoms with van der Waals surface area (Å²) in [5.41, 5.74) is 9.02. The summed E-state index contributed by atoms with van der Waals surface area (Å²) in [7, 11) is 0. The minimum absolute atomic E-state index is 0.0758. The maximum absolute atomic E-state index is 11.8. The molecule has 0 fully saturated rings.